The first-order chi connectivity index (χ1) is 8.06. The fourth-order valence-corrected chi connectivity index (χ4v) is 1.13. The van der Waals surface area contributed by atoms with Crippen molar-refractivity contribution in [3.05, 3.63) is 41.7 Å². The zero-order chi connectivity index (χ0) is 12.8. The van der Waals surface area contributed by atoms with Crippen LogP contribution in [0.4, 0.5) is 4.39 Å². The number of ketones is 1. The molecule has 1 aromatic carbocycles. The first-order valence-electron chi connectivity index (χ1n) is 4.93. The molecule has 18 heavy (non-hydrogen) atoms. The molecule has 0 amide bonds. The maximum absolute atomic E-state index is 13.2. The molecule has 0 aliphatic carbocycles. The predicted molar refractivity (Wildman–Crippen MR) is 65.8 cm³/mol. The summed E-state index contributed by atoms with van der Waals surface area (Å²) in [5.74, 6) is -3.41. The van der Waals surface area contributed by atoms with Crippen LogP contribution in [0.1, 0.15) is 12.5 Å². The molecular formula is C12H12FLiO4. The van der Waals surface area contributed by atoms with Gasteiger partial charge in [0.25, 0.3) is 5.78 Å². The Morgan fingerprint density at radius 2 is 2.00 bits per heavy atom. The fraction of sp³-hybridized carbons (Fsp3) is 0.167. The molecule has 6 heteroatoms. The molecule has 0 aromatic heterocycles. The molecule has 0 fully saturated rings. The number of ether oxygens (including phenoxy) is 1. The number of carbonyl (C=O) groups excluding carboxylic acids is 2. The van der Waals surface area contributed by atoms with Crippen molar-refractivity contribution in [3.8, 4) is 0 Å². The van der Waals surface area contributed by atoms with Gasteiger partial charge in [-0.15, -0.1) is 0 Å². The van der Waals surface area contributed by atoms with E-state index in [1.54, 1.807) is 6.92 Å². The number of esters is 1. The van der Waals surface area contributed by atoms with E-state index in [0.29, 0.717) is 6.08 Å². The number of halogens is 1. The summed E-state index contributed by atoms with van der Waals surface area (Å²) in [7, 11) is 0. The molecular weight excluding hydrogens is 234 g/mol. The molecule has 0 aliphatic heterocycles. The van der Waals surface area contributed by atoms with Gasteiger partial charge in [0.05, 0.1) is 12.2 Å². The molecule has 1 N–H and O–H groups in total. The summed E-state index contributed by atoms with van der Waals surface area (Å²) in [5, 5.41) is 9.48. The minimum atomic E-state index is -1.09. The topological polar surface area (TPSA) is 63.6 Å². The number of benzene rings is 1. The van der Waals surface area contributed by atoms with Crippen LogP contribution in [-0.2, 0) is 14.3 Å². The van der Waals surface area contributed by atoms with Gasteiger partial charge >= 0.3 is 24.8 Å². The molecule has 0 radical (unpaired) electrons. The molecule has 0 spiro atoms. The Morgan fingerprint density at radius 1 is 1.39 bits per heavy atom. The minimum absolute atomic E-state index is 0. The molecule has 0 bridgehead atoms. The molecule has 0 saturated carbocycles. The van der Waals surface area contributed by atoms with E-state index in [1.165, 1.54) is 18.2 Å². The Morgan fingerprint density at radius 3 is 2.56 bits per heavy atom. The second kappa shape index (κ2) is 7.70. The molecule has 1 aromatic rings. The van der Waals surface area contributed by atoms with Gasteiger partial charge in [-0.05, 0) is 19.1 Å². The zero-order valence-corrected chi connectivity index (χ0v) is 9.14. The van der Waals surface area contributed by atoms with E-state index in [-0.39, 0.29) is 31.0 Å². The Bertz CT molecular complexity index is 471. The predicted octanol–water partition coefficient (Wildman–Crippen LogP) is 1.21. The molecule has 0 unspecified atom stereocenters. The van der Waals surface area contributed by atoms with Gasteiger partial charge in [-0.1, -0.05) is 12.1 Å². The van der Waals surface area contributed by atoms with Crippen molar-refractivity contribution in [2.75, 3.05) is 6.61 Å². The van der Waals surface area contributed by atoms with Crippen LogP contribution in [0.3, 0.4) is 0 Å². The number of hydrogen-bond acceptors (Lipinski definition) is 4. The van der Waals surface area contributed by atoms with Crippen LogP contribution in [0.15, 0.2) is 30.3 Å². The van der Waals surface area contributed by atoms with Crippen LogP contribution in [0, 0.1) is 5.82 Å². The summed E-state index contributed by atoms with van der Waals surface area (Å²) in [4.78, 5) is 22.2. The zero-order valence-electron chi connectivity index (χ0n) is 9.14. The van der Waals surface area contributed by atoms with Crippen molar-refractivity contribution in [2.45, 2.75) is 6.92 Å². The van der Waals surface area contributed by atoms with E-state index in [4.69, 9.17) is 0 Å². The molecule has 0 saturated heterocycles. The van der Waals surface area contributed by atoms with Gasteiger partial charge < -0.3 is 9.84 Å². The van der Waals surface area contributed by atoms with Gasteiger partial charge in [-0.3, -0.25) is 4.79 Å². The first-order valence-corrected chi connectivity index (χ1v) is 4.93. The Hall–Kier alpha value is -1.57. The molecule has 1 rings (SSSR count). The third kappa shape index (κ3) is 4.36. The van der Waals surface area contributed by atoms with Crippen LogP contribution in [0.2, 0.25) is 0 Å². The summed E-state index contributed by atoms with van der Waals surface area (Å²) in [6.07, 6.45) is 0.635. The summed E-state index contributed by atoms with van der Waals surface area (Å²) < 4.78 is 17.6. The van der Waals surface area contributed by atoms with Gasteiger partial charge in [0, 0.05) is 6.08 Å². The quantitative estimate of drug-likeness (QED) is 0.285. The number of aliphatic hydroxyl groups excluding tert-OH is 1. The Balaban J connectivity index is 0.00000289. The van der Waals surface area contributed by atoms with Crippen molar-refractivity contribution in [2.24, 2.45) is 0 Å². The van der Waals surface area contributed by atoms with Crippen LogP contribution in [-0.4, -0.2) is 42.3 Å². The average molecular weight is 246 g/mol. The molecule has 0 atom stereocenters. The Labute approximate surface area is 116 Å². The molecule has 4 nitrogen and oxygen atoms in total. The van der Waals surface area contributed by atoms with Crippen LogP contribution >= 0.6 is 0 Å². The van der Waals surface area contributed by atoms with E-state index in [0.717, 1.165) is 6.07 Å². The van der Waals surface area contributed by atoms with Gasteiger partial charge in [0.1, 0.15) is 11.6 Å². The fourth-order valence-electron chi connectivity index (χ4n) is 1.13. The van der Waals surface area contributed by atoms with E-state index >= 15 is 0 Å². The molecule has 92 valence electrons. The van der Waals surface area contributed by atoms with Gasteiger partial charge in [-0.2, -0.15) is 0 Å². The summed E-state index contributed by atoms with van der Waals surface area (Å²) >= 11 is 0. The van der Waals surface area contributed by atoms with E-state index in [2.05, 4.69) is 4.74 Å². The second-order valence-corrected chi connectivity index (χ2v) is 3.09. The monoisotopic (exact) mass is 246 g/mol. The SMILES string of the molecule is CCOC(=O)C(=O)C=C(O)c1ccccc1F.[LiH]. The van der Waals surface area contributed by atoms with Gasteiger partial charge in [-0.25, -0.2) is 9.18 Å². The number of hydrogen-bond donors (Lipinski definition) is 1. The third-order valence-electron chi connectivity index (χ3n) is 1.89. The van der Waals surface area contributed by atoms with Crippen molar-refractivity contribution in [1.82, 2.24) is 0 Å². The Kier molecular flexibility index (Phi) is 7.02. The number of rotatable bonds is 4. The molecule has 0 aliphatic rings. The molecule has 0 heterocycles. The van der Waals surface area contributed by atoms with Crippen molar-refractivity contribution in [3.63, 3.8) is 0 Å². The number of aliphatic hydroxyl groups is 1. The van der Waals surface area contributed by atoms with Gasteiger partial charge in [0.2, 0.25) is 0 Å². The summed E-state index contributed by atoms with van der Waals surface area (Å²) in [6, 6.07) is 5.37. The van der Waals surface area contributed by atoms with Crippen molar-refractivity contribution >= 4 is 36.4 Å². The first kappa shape index (κ1) is 16.4. The summed E-state index contributed by atoms with van der Waals surface area (Å²) in [5.41, 5.74) is -0.148. The van der Waals surface area contributed by atoms with Crippen LogP contribution in [0.5, 0.6) is 0 Å². The van der Waals surface area contributed by atoms with E-state index in [9.17, 15) is 19.1 Å². The number of carbonyl (C=O) groups is 2. The van der Waals surface area contributed by atoms with E-state index in [1.807, 2.05) is 0 Å². The van der Waals surface area contributed by atoms with Gasteiger partial charge in [0.15, 0.2) is 0 Å². The van der Waals surface area contributed by atoms with Crippen LogP contribution in [0.25, 0.3) is 5.76 Å². The summed E-state index contributed by atoms with van der Waals surface area (Å²) in [6.45, 7) is 1.60. The standard InChI is InChI=1S/C12H11FO4.Li.H/c1-2-17-12(16)11(15)7-10(14)8-5-3-4-6-9(8)13;;/h3-7,14H,2H2,1H3;;. The van der Waals surface area contributed by atoms with Crippen molar-refractivity contribution < 1.29 is 23.8 Å². The maximum atomic E-state index is 13.2. The normalized spacial score (nSPS) is 10.4. The van der Waals surface area contributed by atoms with Crippen molar-refractivity contribution in [1.29, 1.82) is 0 Å². The average Bonchev–Trinajstić information content (AvgIpc) is 2.29. The second-order valence-electron chi connectivity index (χ2n) is 3.09. The van der Waals surface area contributed by atoms with Crippen LogP contribution < -0.4 is 0 Å². The third-order valence-corrected chi connectivity index (χ3v) is 1.89. The van der Waals surface area contributed by atoms with E-state index < -0.39 is 23.3 Å².